The highest BCUT2D eigenvalue weighted by Gasteiger charge is 2.13. The van der Waals surface area contributed by atoms with Gasteiger partial charge in [0.05, 0.1) is 0 Å². The minimum Gasteiger partial charge on any atom is -0.481 e. The van der Waals surface area contributed by atoms with Gasteiger partial charge in [0, 0.05) is 30.8 Å². The van der Waals surface area contributed by atoms with Crippen LogP contribution in [0.2, 0.25) is 0 Å². The van der Waals surface area contributed by atoms with Gasteiger partial charge in [-0.2, -0.15) is 10.1 Å². The number of aryl methyl sites for hydroxylation is 2. The van der Waals surface area contributed by atoms with Crippen LogP contribution < -0.4 is 5.32 Å². The van der Waals surface area contributed by atoms with Crippen LogP contribution in [0.25, 0.3) is 5.78 Å². The molecule has 2 aromatic heterocycles. The number of nitrogens with zero attached hydrogens (tertiary/aromatic N) is 4. The number of hydrogen-bond acceptors (Lipinski definition) is 5. The van der Waals surface area contributed by atoms with Crippen LogP contribution in [0, 0.1) is 19.8 Å². The molecule has 2 heterocycles. The average Bonchev–Trinajstić information content (AvgIpc) is 2.92. The van der Waals surface area contributed by atoms with Crippen LogP contribution in [0.5, 0.6) is 0 Å². The lowest BCUT2D eigenvalue weighted by molar-refractivity contribution is -0.138. The number of carboxylic acid groups (broad SMARTS) is 1. The first-order valence-electron chi connectivity index (χ1n) is 7.52. The lowest BCUT2D eigenvalue weighted by Crippen LogP contribution is -2.29. The van der Waals surface area contributed by atoms with Crippen LogP contribution >= 0.6 is 0 Å². The molecular weight excluding hydrogens is 298 g/mol. The number of hydrogen-bond donors (Lipinski definition) is 2. The molecule has 0 spiro atoms. The van der Waals surface area contributed by atoms with E-state index in [9.17, 15) is 9.59 Å². The maximum atomic E-state index is 11.9. The summed E-state index contributed by atoms with van der Waals surface area (Å²) in [4.78, 5) is 31.0. The Balaban J connectivity index is 1.93. The van der Waals surface area contributed by atoms with Crippen LogP contribution in [0.4, 0.5) is 0 Å². The van der Waals surface area contributed by atoms with Gasteiger partial charge >= 0.3 is 5.97 Å². The Morgan fingerprint density at radius 1 is 1.39 bits per heavy atom. The number of nitrogens with one attached hydrogen (secondary N) is 1. The number of amides is 1. The SMILES string of the molecule is Cc1nc2ncnn2c(C)c1CCC(=O)NCC(C)CC(=O)O. The monoisotopic (exact) mass is 319 g/mol. The van der Waals surface area contributed by atoms with Gasteiger partial charge in [-0.1, -0.05) is 6.92 Å². The molecule has 0 saturated carbocycles. The van der Waals surface area contributed by atoms with Crippen molar-refractivity contribution in [2.24, 2.45) is 5.92 Å². The van der Waals surface area contributed by atoms with Crippen LogP contribution in [-0.4, -0.2) is 43.1 Å². The van der Waals surface area contributed by atoms with E-state index in [1.54, 1.807) is 11.4 Å². The van der Waals surface area contributed by atoms with Crippen molar-refractivity contribution in [3.63, 3.8) is 0 Å². The first-order chi connectivity index (χ1) is 10.9. The molecule has 0 saturated heterocycles. The minimum atomic E-state index is -0.856. The Labute approximate surface area is 133 Å². The number of carbonyl (C=O) groups excluding carboxylic acids is 1. The second kappa shape index (κ2) is 7.17. The summed E-state index contributed by atoms with van der Waals surface area (Å²) in [5.41, 5.74) is 2.75. The van der Waals surface area contributed by atoms with Crippen LogP contribution in [-0.2, 0) is 16.0 Å². The highest BCUT2D eigenvalue weighted by Crippen LogP contribution is 2.14. The van der Waals surface area contributed by atoms with E-state index < -0.39 is 5.97 Å². The number of fused-ring (bicyclic) bond motifs is 1. The van der Waals surface area contributed by atoms with Crippen molar-refractivity contribution in [3.05, 3.63) is 23.3 Å². The average molecular weight is 319 g/mol. The lowest BCUT2D eigenvalue weighted by atomic mass is 10.1. The smallest absolute Gasteiger partial charge is 0.303 e. The van der Waals surface area contributed by atoms with E-state index in [-0.39, 0.29) is 18.2 Å². The quantitative estimate of drug-likeness (QED) is 0.784. The van der Waals surface area contributed by atoms with Gasteiger partial charge in [0.25, 0.3) is 5.78 Å². The van der Waals surface area contributed by atoms with Gasteiger partial charge in [-0.3, -0.25) is 9.59 Å². The molecule has 0 fully saturated rings. The van der Waals surface area contributed by atoms with Gasteiger partial charge in [0.1, 0.15) is 6.33 Å². The second-order valence-corrected chi connectivity index (χ2v) is 5.74. The van der Waals surface area contributed by atoms with Crippen molar-refractivity contribution < 1.29 is 14.7 Å². The molecule has 0 aliphatic heterocycles. The van der Waals surface area contributed by atoms with E-state index in [0.29, 0.717) is 25.2 Å². The first-order valence-corrected chi connectivity index (χ1v) is 7.52. The Bertz CT molecular complexity index is 725. The van der Waals surface area contributed by atoms with Crippen LogP contribution in [0.3, 0.4) is 0 Å². The minimum absolute atomic E-state index is 0.0470. The van der Waals surface area contributed by atoms with E-state index in [2.05, 4.69) is 20.4 Å². The molecule has 8 nitrogen and oxygen atoms in total. The molecule has 1 unspecified atom stereocenters. The number of carbonyl (C=O) groups is 2. The summed E-state index contributed by atoms with van der Waals surface area (Å²) >= 11 is 0. The summed E-state index contributed by atoms with van der Waals surface area (Å²) in [5, 5.41) is 15.6. The molecule has 1 amide bonds. The van der Waals surface area contributed by atoms with Crippen molar-refractivity contribution >= 4 is 17.7 Å². The van der Waals surface area contributed by atoms with Crippen LogP contribution in [0.15, 0.2) is 6.33 Å². The largest absolute Gasteiger partial charge is 0.481 e. The molecule has 124 valence electrons. The van der Waals surface area contributed by atoms with E-state index >= 15 is 0 Å². The van der Waals surface area contributed by atoms with E-state index in [0.717, 1.165) is 17.0 Å². The van der Waals surface area contributed by atoms with Gasteiger partial charge in [0.2, 0.25) is 5.91 Å². The summed E-state index contributed by atoms with van der Waals surface area (Å²) in [5.74, 6) is -0.492. The molecule has 2 rings (SSSR count). The molecule has 8 heteroatoms. The second-order valence-electron chi connectivity index (χ2n) is 5.74. The van der Waals surface area contributed by atoms with Crippen molar-refractivity contribution in [1.29, 1.82) is 0 Å². The summed E-state index contributed by atoms with van der Waals surface area (Å²) in [6.45, 7) is 5.98. The molecule has 1 atom stereocenters. The highest BCUT2D eigenvalue weighted by atomic mass is 16.4. The van der Waals surface area contributed by atoms with Crippen molar-refractivity contribution in [3.8, 4) is 0 Å². The van der Waals surface area contributed by atoms with Gasteiger partial charge in [-0.15, -0.1) is 0 Å². The maximum absolute atomic E-state index is 11.9. The molecule has 2 N–H and O–H groups in total. The van der Waals surface area contributed by atoms with Crippen molar-refractivity contribution in [1.82, 2.24) is 24.9 Å². The van der Waals surface area contributed by atoms with Crippen LogP contribution in [0.1, 0.15) is 36.7 Å². The Kier molecular flexibility index (Phi) is 5.25. The molecule has 23 heavy (non-hydrogen) atoms. The normalized spacial score (nSPS) is 12.3. The number of aliphatic carboxylic acids is 1. The summed E-state index contributed by atoms with van der Waals surface area (Å²) < 4.78 is 1.66. The fraction of sp³-hybridized carbons (Fsp3) is 0.533. The Morgan fingerprint density at radius 3 is 2.83 bits per heavy atom. The zero-order valence-electron chi connectivity index (χ0n) is 13.5. The fourth-order valence-electron chi connectivity index (χ4n) is 2.50. The first kappa shape index (κ1) is 16.9. The third-order valence-electron chi connectivity index (χ3n) is 3.76. The zero-order valence-corrected chi connectivity index (χ0v) is 13.5. The fourth-order valence-corrected chi connectivity index (χ4v) is 2.50. The van der Waals surface area contributed by atoms with Gasteiger partial charge in [0.15, 0.2) is 0 Å². The van der Waals surface area contributed by atoms with E-state index in [4.69, 9.17) is 5.11 Å². The van der Waals surface area contributed by atoms with Crippen molar-refractivity contribution in [2.75, 3.05) is 6.54 Å². The molecule has 0 aromatic carbocycles. The zero-order chi connectivity index (χ0) is 17.0. The standard InChI is InChI=1S/C15H21N5O3/c1-9(6-14(22)23)7-16-13(21)5-4-12-10(2)19-15-17-8-18-20(15)11(12)3/h8-9H,4-7H2,1-3H3,(H,16,21)(H,22,23). The summed E-state index contributed by atoms with van der Waals surface area (Å²) in [6, 6.07) is 0. The third kappa shape index (κ3) is 4.24. The molecule has 0 aliphatic carbocycles. The van der Waals surface area contributed by atoms with E-state index in [1.807, 2.05) is 13.8 Å². The van der Waals surface area contributed by atoms with E-state index in [1.165, 1.54) is 6.33 Å². The van der Waals surface area contributed by atoms with Crippen molar-refractivity contribution in [2.45, 2.75) is 40.0 Å². The number of aromatic nitrogens is 4. The van der Waals surface area contributed by atoms with Gasteiger partial charge in [-0.05, 0) is 31.7 Å². The summed E-state index contributed by atoms with van der Waals surface area (Å²) in [6.07, 6.45) is 2.38. The predicted octanol–water partition coefficient (Wildman–Crippen LogP) is 0.901. The number of rotatable bonds is 7. The third-order valence-corrected chi connectivity index (χ3v) is 3.76. The molecule has 0 radical (unpaired) electrons. The molecule has 2 aromatic rings. The highest BCUT2D eigenvalue weighted by molar-refractivity contribution is 5.76. The van der Waals surface area contributed by atoms with Gasteiger partial charge in [-0.25, -0.2) is 9.50 Å². The summed E-state index contributed by atoms with van der Waals surface area (Å²) in [7, 11) is 0. The maximum Gasteiger partial charge on any atom is 0.303 e. The predicted molar refractivity (Wildman–Crippen MR) is 83.0 cm³/mol. The number of carboxylic acids is 1. The molecular formula is C15H21N5O3. The lowest BCUT2D eigenvalue weighted by Gasteiger charge is -2.12. The topological polar surface area (TPSA) is 109 Å². The Hall–Kier alpha value is -2.51. The molecule has 0 aliphatic rings. The Morgan fingerprint density at radius 2 is 2.13 bits per heavy atom. The van der Waals surface area contributed by atoms with Gasteiger partial charge < -0.3 is 10.4 Å². The molecule has 0 bridgehead atoms.